The first-order valence-corrected chi connectivity index (χ1v) is 6.60. The molecule has 0 fully saturated rings. The number of anilines is 1. The number of benzene rings is 2. The lowest BCUT2D eigenvalue weighted by atomic mass is 10.1. The van der Waals surface area contributed by atoms with Crippen LogP contribution in [-0.2, 0) is 20.7 Å². The van der Waals surface area contributed by atoms with Gasteiger partial charge in [-0.05, 0) is 23.8 Å². The number of hydrogen-bond donors (Lipinski definition) is 1. The second-order valence-electron chi connectivity index (χ2n) is 4.57. The van der Waals surface area contributed by atoms with Crippen LogP contribution in [0.3, 0.4) is 0 Å². The molecule has 0 aliphatic heterocycles. The van der Waals surface area contributed by atoms with Gasteiger partial charge in [0.1, 0.15) is 23.1 Å². The normalized spacial score (nSPS) is 10.2. The van der Waals surface area contributed by atoms with Gasteiger partial charge >= 0.3 is 5.97 Å². The van der Waals surface area contributed by atoms with E-state index >= 15 is 0 Å². The Morgan fingerprint density at radius 1 is 0.913 bits per heavy atom. The van der Waals surface area contributed by atoms with E-state index in [1.807, 2.05) is 5.32 Å². The Labute approximate surface area is 129 Å². The van der Waals surface area contributed by atoms with Crippen LogP contribution in [0.2, 0.25) is 0 Å². The first-order valence-electron chi connectivity index (χ1n) is 6.60. The standard InChI is InChI=1S/C16H12F3NO3/c17-11-5-2-1-4-10(11)8-15(22)23-9-14(21)20-16-12(18)6-3-7-13(16)19/h1-7H,8-9H2,(H,20,21). The number of ether oxygens (including phenoxy) is 1. The van der Waals surface area contributed by atoms with E-state index in [0.29, 0.717) is 0 Å². The molecule has 0 atom stereocenters. The van der Waals surface area contributed by atoms with Crippen LogP contribution in [-0.4, -0.2) is 18.5 Å². The smallest absolute Gasteiger partial charge is 0.310 e. The molecule has 2 aromatic carbocycles. The summed E-state index contributed by atoms with van der Waals surface area (Å²) >= 11 is 0. The molecule has 0 aromatic heterocycles. The van der Waals surface area contributed by atoms with Gasteiger partial charge in [-0.15, -0.1) is 0 Å². The molecule has 2 rings (SSSR count). The SMILES string of the molecule is O=C(COC(=O)Cc1ccccc1F)Nc1c(F)cccc1F. The number of nitrogens with one attached hydrogen (secondary N) is 1. The minimum Gasteiger partial charge on any atom is -0.455 e. The molecule has 0 saturated heterocycles. The predicted molar refractivity (Wildman–Crippen MR) is 76.1 cm³/mol. The van der Waals surface area contributed by atoms with E-state index in [1.165, 1.54) is 18.2 Å². The van der Waals surface area contributed by atoms with Crippen LogP contribution in [0, 0.1) is 17.5 Å². The molecule has 7 heteroatoms. The number of carbonyl (C=O) groups excluding carboxylic acids is 2. The number of esters is 1. The quantitative estimate of drug-likeness (QED) is 0.861. The van der Waals surface area contributed by atoms with Gasteiger partial charge in [0.25, 0.3) is 5.91 Å². The molecule has 1 N–H and O–H groups in total. The van der Waals surface area contributed by atoms with Crippen molar-refractivity contribution in [3.8, 4) is 0 Å². The lowest BCUT2D eigenvalue weighted by Crippen LogP contribution is -2.22. The van der Waals surface area contributed by atoms with E-state index in [9.17, 15) is 22.8 Å². The van der Waals surface area contributed by atoms with Crippen molar-refractivity contribution in [1.82, 2.24) is 0 Å². The summed E-state index contributed by atoms with van der Waals surface area (Å²) in [6.07, 6.45) is -0.353. The molecule has 0 spiro atoms. The van der Waals surface area contributed by atoms with Crippen LogP contribution in [0.25, 0.3) is 0 Å². The third kappa shape index (κ3) is 4.57. The van der Waals surface area contributed by atoms with Crippen molar-refractivity contribution < 1.29 is 27.5 Å². The van der Waals surface area contributed by atoms with Crippen LogP contribution in [0.1, 0.15) is 5.56 Å². The Morgan fingerprint density at radius 3 is 2.17 bits per heavy atom. The molecular formula is C16H12F3NO3. The highest BCUT2D eigenvalue weighted by Gasteiger charge is 2.14. The van der Waals surface area contributed by atoms with E-state index in [2.05, 4.69) is 4.74 Å². The third-order valence-electron chi connectivity index (χ3n) is 2.88. The maximum absolute atomic E-state index is 13.4. The second-order valence-corrected chi connectivity index (χ2v) is 4.57. The zero-order valence-electron chi connectivity index (χ0n) is 11.8. The van der Waals surface area contributed by atoms with E-state index in [-0.39, 0.29) is 12.0 Å². The third-order valence-corrected chi connectivity index (χ3v) is 2.88. The topological polar surface area (TPSA) is 55.4 Å². The summed E-state index contributed by atoms with van der Waals surface area (Å²) in [5.41, 5.74) is -0.499. The van der Waals surface area contributed by atoms with Crippen LogP contribution < -0.4 is 5.32 Å². The van der Waals surface area contributed by atoms with Crippen molar-refractivity contribution in [2.24, 2.45) is 0 Å². The van der Waals surface area contributed by atoms with Gasteiger partial charge in [-0.1, -0.05) is 24.3 Å². The van der Waals surface area contributed by atoms with Crippen LogP contribution in [0.5, 0.6) is 0 Å². The number of amides is 1. The number of para-hydroxylation sites is 1. The fourth-order valence-corrected chi connectivity index (χ4v) is 1.79. The van der Waals surface area contributed by atoms with Crippen molar-refractivity contribution in [1.29, 1.82) is 0 Å². The summed E-state index contributed by atoms with van der Waals surface area (Å²) in [5.74, 6) is -4.20. The largest absolute Gasteiger partial charge is 0.455 e. The summed E-state index contributed by atoms with van der Waals surface area (Å²) in [7, 11) is 0. The molecule has 0 unspecified atom stereocenters. The maximum atomic E-state index is 13.4. The van der Waals surface area contributed by atoms with E-state index in [1.54, 1.807) is 6.07 Å². The molecule has 0 radical (unpaired) electrons. The van der Waals surface area contributed by atoms with Crippen molar-refractivity contribution in [2.45, 2.75) is 6.42 Å². The molecule has 0 aliphatic carbocycles. The lowest BCUT2D eigenvalue weighted by Gasteiger charge is -2.08. The maximum Gasteiger partial charge on any atom is 0.310 e. The van der Waals surface area contributed by atoms with Crippen LogP contribution in [0.15, 0.2) is 42.5 Å². The first kappa shape index (κ1) is 16.5. The molecule has 120 valence electrons. The minimum absolute atomic E-state index is 0.123. The van der Waals surface area contributed by atoms with E-state index in [4.69, 9.17) is 0 Å². The van der Waals surface area contributed by atoms with Crippen molar-refractivity contribution in [3.63, 3.8) is 0 Å². The lowest BCUT2D eigenvalue weighted by molar-refractivity contribution is -0.146. The summed E-state index contributed by atoms with van der Waals surface area (Å²) in [6, 6.07) is 8.72. The Bertz CT molecular complexity index is 714. The molecule has 0 heterocycles. The zero-order valence-corrected chi connectivity index (χ0v) is 11.8. The highest BCUT2D eigenvalue weighted by Crippen LogP contribution is 2.17. The summed E-state index contributed by atoms with van der Waals surface area (Å²) < 4.78 is 44.7. The molecule has 4 nitrogen and oxygen atoms in total. The average molecular weight is 323 g/mol. The van der Waals surface area contributed by atoms with Gasteiger partial charge in [-0.3, -0.25) is 9.59 Å². The molecular weight excluding hydrogens is 311 g/mol. The zero-order chi connectivity index (χ0) is 16.8. The molecule has 23 heavy (non-hydrogen) atoms. The number of hydrogen-bond acceptors (Lipinski definition) is 3. The van der Waals surface area contributed by atoms with Crippen LogP contribution >= 0.6 is 0 Å². The Morgan fingerprint density at radius 2 is 1.52 bits per heavy atom. The fourth-order valence-electron chi connectivity index (χ4n) is 1.79. The van der Waals surface area contributed by atoms with Gasteiger partial charge in [0.2, 0.25) is 0 Å². The van der Waals surface area contributed by atoms with Crippen LogP contribution in [0.4, 0.5) is 18.9 Å². The Balaban J connectivity index is 1.87. The van der Waals surface area contributed by atoms with Crippen molar-refractivity contribution in [2.75, 3.05) is 11.9 Å². The highest BCUT2D eigenvalue weighted by atomic mass is 19.1. The van der Waals surface area contributed by atoms with Gasteiger partial charge < -0.3 is 10.1 Å². The molecule has 0 bridgehead atoms. The summed E-state index contributed by atoms with van der Waals surface area (Å²) in [6.45, 7) is -0.735. The Hall–Kier alpha value is -2.83. The van der Waals surface area contributed by atoms with Gasteiger partial charge in [0.05, 0.1) is 6.42 Å². The second kappa shape index (κ2) is 7.44. The van der Waals surface area contributed by atoms with Gasteiger partial charge in [-0.2, -0.15) is 0 Å². The molecule has 1 amide bonds. The monoisotopic (exact) mass is 323 g/mol. The number of halogens is 3. The summed E-state index contributed by atoms with van der Waals surface area (Å²) in [5, 5.41) is 1.97. The first-order chi connectivity index (χ1) is 11.0. The molecule has 0 aliphatic rings. The van der Waals surface area contributed by atoms with Crippen molar-refractivity contribution in [3.05, 3.63) is 65.5 Å². The molecule has 2 aromatic rings. The average Bonchev–Trinajstić information content (AvgIpc) is 2.51. The number of carbonyl (C=O) groups is 2. The Kier molecular flexibility index (Phi) is 5.35. The van der Waals surface area contributed by atoms with Gasteiger partial charge in [0.15, 0.2) is 6.61 Å². The van der Waals surface area contributed by atoms with E-state index < -0.39 is 41.6 Å². The molecule has 0 saturated carbocycles. The minimum atomic E-state index is -0.948. The van der Waals surface area contributed by atoms with Gasteiger partial charge in [0, 0.05) is 0 Å². The highest BCUT2D eigenvalue weighted by molar-refractivity contribution is 5.93. The van der Waals surface area contributed by atoms with Crippen molar-refractivity contribution >= 4 is 17.6 Å². The van der Waals surface area contributed by atoms with E-state index in [0.717, 1.165) is 18.2 Å². The fraction of sp³-hybridized carbons (Fsp3) is 0.125. The van der Waals surface area contributed by atoms with Gasteiger partial charge in [-0.25, -0.2) is 13.2 Å². The number of rotatable bonds is 5. The summed E-state index contributed by atoms with van der Waals surface area (Å²) in [4.78, 5) is 23.1. The predicted octanol–water partition coefficient (Wildman–Crippen LogP) is 2.83.